The summed E-state index contributed by atoms with van der Waals surface area (Å²) in [4.78, 5) is 61.8. The number of carbonyl (C=O) groups excluding carboxylic acids is 3. The minimum atomic E-state index is -1.22. The van der Waals surface area contributed by atoms with Gasteiger partial charge in [-0.15, -0.1) is 22.1 Å². The van der Waals surface area contributed by atoms with Crippen LogP contribution in [-0.2, 0) is 19.1 Å². The number of aromatic nitrogens is 4. The molecule has 360 valence electrons. The minimum Gasteiger partial charge on any atom is -0.657 e. The molecule has 0 spiro atoms. The molecule has 12 heteroatoms. The maximum absolute atomic E-state index is 14.4. The number of ketones is 1. The molecule has 11 nitrogen and oxygen atoms in total. The first-order chi connectivity index (χ1) is 30.6. The molecule has 6 rings (SSSR count). The van der Waals surface area contributed by atoms with E-state index in [9.17, 15) is 14.4 Å². The van der Waals surface area contributed by atoms with Crippen molar-refractivity contribution < 1.29 is 34.8 Å². The molecule has 3 aromatic heterocycles. The summed E-state index contributed by atoms with van der Waals surface area (Å²) in [6, 6.07) is 5.95. The Labute approximate surface area is 415 Å². The molecule has 0 amide bonds. The molecule has 0 radical (unpaired) electrons. The van der Waals surface area contributed by atoms with Crippen LogP contribution in [0.15, 0.2) is 36.4 Å². The summed E-state index contributed by atoms with van der Waals surface area (Å²) in [5.41, 5.74) is 12.3. The van der Waals surface area contributed by atoms with Gasteiger partial charge >= 0.3 is 35.0 Å². The Morgan fingerprint density at radius 2 is 1.48 bits per heavy atom. The van der Waals surface area contributed by atoms with Gasteiger partial charge < -0.3 is 30.4 Å². The number of allylic oxidation sites excluding steroid dienone is 3. The number of hydrogen-bond donors (Lipinski definition) is 0. The molecular weight excluding hydrogens is 853 g/mol. The zero-order valence-electron chi connectivity index (χ0n) is 42.3. The maximum Gasteiger partial charge on any atom is 2.00 e. The topological polar surface area (TPSA) is 187 Å². The molecule has 8 bridgehead atoms. The predicted molar refractivity (Wildman–Crippen MR) is 273 cm³/mol. The van der Waals surface area contributed by atoms with Crippen molar-refractivity contribution in [1.82, 2.24) is 19.9 Å². The number of hydrogen-bond acceptors (Lipinski definition) is 7. The number of Topliss-reactive ketones (excluding diaryl/α,β-unsaturated/α-hetero) is 1. The second-order valence-electron chi connectivity index (χ2n) is 19.4. The van der Waals surface area contributed by atoms with Crippen molar-refractivity contribution in [2.45, 2.75) is 164 Å². The molecule has 5 heterocycles. The van der Waals surface area contributed by atoms with Gasteiger partial charge in [0.1, 0.15) is 12.5 Å². The van der Waals surface area contributed by atoms with Gasteiger partial charge in [-0.2, -0.15) is 0 Å². The average molecular weight is 930 g/mol. The summed E-state index contributed by atoms with van der Waals surface area (Å²) in [6.07, 6.45) is 16.4. The van der Waals surface area contributed by atoms with Crippen LogP contribution >= 0.6 is 0 Å². The molecule has 5 atom stereocenters. The Morgan fingerprint density at radius 3 is 2.10 bits per heavy atom. The summed E-state index contributed by atoms with van der Waals surface area (Å²) in [5, 5.41) is 0. The van der Waals surface area contributed by atoms with Crippen molar-refractivity contribution in [2.75, 3.05) is 13.7 Å². The van der Waals surface area contributed by atoms with Crippen molar-refractivity contribution in [3.8, 4) is 0 Å². The monoisotopic (exact) mass is 929 g/mol. The van der Waals surface area contributed by atoms with Crippen LogP contribution in [0, 0.1) is 31.6 Å². The summed E-state index contributed by atoms with van der Waals surface area (Å²) < 4.78 is 11.0. The van der Waals surface area contributed by atoms with Crippen molar-refractivity contribution >= 4 is 80.1 Å². The normalized spacial score (nSPS) is 17.4. The van der Waals surface area contributed by atoms with Gasteiger partial charge in [-0.05, 0) is 99.5 Å². The smallest absolute Gasteiger partial charge is 0.657 e. The van der Waals surface area contributed by atoms with E-state index in [0.29, 0.717) is 45.8 Å². The number of aryl methyl sites for hydroxylation is 2. The fourth-order valence-corrected chi connectivity index (χ4v) is 10.1. The zero-order valence-corrected chi connectivity index (χ0v) is 43.7. The van der Waals surface area contributed by atoms with Crippen LogP contribution in [0.2, 0.25) is 0 Å². The molecule has 3 unspecified atom stereocenters. The minimum absolute atomic E-state index is 0. The summed E-state index contributed by atoms with van der Waals surface area (Å²) in [6.45, 7) is 26.0. The molecule has 3 aromatic rings. The fraction of sp³-hybridized carbons (Fsp3) is 0.545. The molecule has 2 aliphatic heterocycles. The first-order valence-corrected chi connectivity index (χ1v) is 24.0. The largest absolute Gasteiger partial charge is 2.00 e. The zero-order chi connectivity index (χ0) is 46.4. The van der Waals surface area contributed by atoms with Gasteiger partial charge in [-0.25, -0.2) is 4.98 Å². The van der Waals surface area contributed by atoms with E-state index in [1.165, 1.54) is 57.6 Å². The summed E-state index contributed by atoms with van der Waals surface area (Å²) >= 11 is 0. The van der Waals surface area contributed by atoms with Crippen LogP contribution in [0.5, 0.6) is 0 Å². The van der Waals surface area contributed by atoms with E-state index in [2.05, 4.69) is 62.0 Å². The van der Waals surface area contributed by atoms with Gasteiger partial charge in [0.25, 0.3) is 0 Å². The number of ether oxygens (including phenoxy) is 2. The van der Waals surface area contributed by atoms with E-state index < -0.39 is 11.9 Å². The van der Waals surface area contributed by atoms with Gasteiger partial charge in [0.15, 0.2) is 5.78 Å². The van der Waals surface area contributed by atoms with Crippen molar-refractivity contribution in [2.24, 2.45) is 17.8 Å². The molecule has 1 aliphatic carbocycles. The number of methoxy groups -OCH3 is 1. The Morgan fingerprint density at radius 1 is 0.851 bits per heavy atom. The Balaban J connectivity index is 0.00000397. The first-order valence-electron chi connectivity index (χ1n) is 24.0. The van der Waals surface area contributed by atoms with E-state index >= 15 is 0 Å². The third-order valence-corrected chi connectivity index (χ3v) is 14.2. The third-order valence-electron chi connectivity index (χ3n) is 14.2. The van der Waals surface area contributed by atoms with Gasteiger partial charge in [0, 0.05) is 35.2 Å². The van der Waals surface area contributed by atoms with Crippen molar-refractivity contribution in [3.05, 3.63) is 87.0 Å². The Hall–Kier alpha value is -4.36. The van der Waals surface area contributed by atoms with Crippen LogP contribution in [-0.4, -0.2) is 75.4 Å². The van der Waals surface area contributed by atoms with Crippen LogP contribution in [0.1, 0.15) is 206 Å². The number of rotatable bonds is 20. The number of esters is 2. The second kappa shape index (κ2) is 25.3. The number of fused-ring (bicyclic) bond motifs is 8. The molecule has 0 fully saturated rings. The van der Waals surface area contributed by atoms with Gasteiger partial charge in [0.05, 0.1) is 18.5 Å². The summed E-state index contributed by atoms with van der Waals surface area (Å²) in [7, 11) is 1.30. The molecule has 4 N–H and O–H groups in total. The molecule has 0 saturated carbocycles. The van der Waals surface area contributed by atoms with Crippen molar-refractivity contribution in [1.29, 1.82) is 0 Å². The molecular formula is C55H76MgN4O7. The van der Waals surface area contributed by atoms with Crippen LogP contribution in [0.4, 0.5) is 0 Å². The molecule has 3 aliphatic rings. The van der Waals surface area contributed by atoms with Crippen molar-refractivity contribution in [3.63, 3.8) is 0 Å². The fourth-order valence-electron chi connectivity index (χ4n) is 10.1. The third kappa shape index (κ3) is 12.8. The number of nitrogens with zero attached hydrogens (tertiary/aromatic N) is 4. The predicted octanol–water partition coefficient (Wildman–Crippen LogP) is 11.2. The Kier molecular flexibility index (Phi) is 21.5. The van der Waals surface area contributed by atoms with Crippen LogP contribution in [0.3, 0.4) is 0 Å². The Bertz CT molecular complexity index is 2490. The van der Waals surface area contributed by atoms with E-state index in [4.69, 9.17) is 29.4 Å². The van der Waals surface area contributed by atoms with E-state index in [1.54, 1.807) is 0 Å². The number of carbonyl (C=O) groups is 3. The van der Waals surface area contributed by atoms with E-state index in [-0.39, 0.29) is 70.6 Å². The van der Waals surface area contributed by atoms with E-state index in [1.807, 2.05) is 44.2 Å². The van der Waals surface area contributed by atoms with Crippen LogP contribution in [0.25, 0.3) is 39.3 Å². The quantitative estimate of drug-likeness (QED) is 0.0460. The van der Waals surface area contributed by atoms with Gasteiger partial charge in [-0.1, -0.05) is 134 Å². The molecule has 0 aromatic carbocycles. The standard InChI is InChI=1S/C55H73N4O5.Mg.2H2O/c1-13-39-35(8)42-28-44-37(10)41(24-25-48(60)64-27-26-34(7)23-17-22-33(6)21-16-20-32(5)19-15-18-31(3)4)52(58-44)50-51(55(62)63-12)54(61)49-38(11)45(59-53(49)50)30-47-40(14-2)36(9)43(57-47)29-46(39)56-42;;;/h13,26,28-33,37,41,51H,1,14-25,27H2,2-12H3,(H-,56,57,58,59,61);;2*1H2/q-1;+2;;/p-1/b34-26+;;;/t32?,33?,37-,41-,51?;;;/m0.../s1. The average Bonchev–Trinajstić information content (AvgIpc) is 3.99. The molecule has 67 heavy (non-hydrogen) atoms. The second-order valence-corrected chi connectivity index (χ2v) is 19.4. The molecule has 0 saturated heterocycles. The van der Waals surface area contributed by atoms with E-state index in [0.717, 1.165) is 81.5 Å². The van der Waals surface area contributed by atoms with Crippen LogP contribution < -0.4 is 9.97 Å². The summed E-state index contributed by atoms with van der Waals surface area (Å²) in [5.74, 6) is -0.711. The first kappa shape index (κ1) is 57.0. The van der Waals surface area contributed by atoms with Gasteiger partial charge in [0.2, 0.25) is 0 Å². The maximum atomic E-state index is 14.4. The SMILES string of the molecule is C=Cc1c(C)c2cc3nc(c4c5[n-]c(cc6nc(cc1[n-]2)C(C)=C6CC)c(C)c5C(=O)C4C(=O)OC)[C@@H](CCC(=O)OC/C=C(\C)CCCC(C)CCCC(C)CCCC(C)C)[C@@H]3C.O.O.[Mg+2]. The van der Waals surface area contributed by atoms with Gasteiger partial charge in [-0.3, -0.25) is 19.4 Å².